The Morgan fingerprint density at radius 1 is 1.21 bits per heavy atom. The van der Waals surface area contributed by atoms with Crippen molar-refractivity contribution in [1.29, 1.82) is 0 Å². The van der Waals surface area contributed by atoms with E-state index in [1.807, 2.05) is 31.2 Å². The van der Waals surface area contributed by atoms with E-state index in [9.17, 15) is 22.8 Å². The van der Waals surface area contributed by atoms with Gasteiger partial charge in [-0.25, -0.2) is 14.6 Å². The number of aromatic nitrogens is 1. The lowest BCUT2D eigenvalue weighted by Gasteiger charge is -2.23. The molecule has 4 rings (SSSR count). The Labute approximate surface area is 188 Å². The minimum absolute atomic E-state index is 0.127. The summed E-state index contributed by atoms with van der Waals surface area (Å²) < 4.78 is 43.3. The Kier molecular flexibility index (Phi) is 5.96. The van der Waals surface area contributed by atoms with Crippen LogP contribution in [0.4, 0.5) is 22.8 Å². The number of nitrogens with zero attached hydrogens (tertiary/aromatic N) is 4. The molecule has 1 saturated heterocycles. The number of benzene rings is 1. The van der Waals surface area contributed by atoms with E-state index in [-0.39, 0.29) is 13.2 Å². The van der Waals surface area contributed by atoms with E-state index >= 15 is 0 Å². The van der Waals surface area contributed by atoms with E-state index in [1.165, 1.54) is 16.0 Å². The first kappa shape index (κ1) is 22.6. The lowest BCUT2D eigenvalue weighted by atomic mass is 10.0. The highest BCUT2D eigenvalue weighted by Gasteiger charge is 2.40. The molecule has 1 aromatic carbocycles. The molecule has 3 amide bonds. The second kappa shape index (κ2) is 8.72. The molecule has 1 aromatic heterocycles. The van der Waals surface area contributed by atoms with Gasteiger partial charge in [-0.3, -0.25) is 9.88 Å². The number of carbonyl (C=O) groups excluding carboxylic acids is 2. The molecule has 3 heterocycles. The molecule has 11 heteroatoms. The lowest BCUT2D eigenvalue weighted by Crippen LogP contribution is -2.46. The van der Waals surface area contributed by atoms with Crippen molar-refractivity contribution >= 4 is 17.8 Å². The number of hydrogen-bond acceptors (Lipinski definition) is 5. The second-order valence-electron chi connectivity index (χ2n) is 7.90. The average Bonchev–Trinajstić information content (AvgIpc) is 3.40. The molecule has 0 saturated carbocycles. The minimum atomic E-state index is -4.53. The maximum atomic E-state index is 12.9. The van der Waals surface area contributed by atoms with Crippen LogP contribution in [0.5, 0.6) is 0 Å². The minimum Gasteiger partial charge on any atom is -0.448 e. The zero-order valence-corrected chi connectivity index (χ0v) is 18.0. The van der Waals surface area contributed by atoms with Crippen LogP contribution in [-0.2, 0) is 10.9 Å². The first-order chi connectivity index (χ1) is 15.6. The monoisotopic (exact) mass is 461 g/mol. The Hall–Kier alpha value is -3.63. The summed E-state index contributed by atoms with van der Waals surface area (Å²) in [6, 6.07) is 8.10. The highest BCUT2D eigenvalue weighted by atomic mass is 19.4. The van der Waals surface area contributed by atoms with Crippen molar-refractivity contribution in [3.63, 3.8) is 0 Å². The summed E-state index contributed by atoms with van der Waals surface area (Å²) in [5.41, 5.74) is 1.81. The molecule has 0 radical (unpaired) electrons. The zero-order valence-electron chi connectivity index (χ0n) is 18.0. The van der Waals surface area contributed by atoms with Gasteiger partial charge in [0.1, 0.15) is 12.3 Å². The van der Waals surface area contributed by atoms with Gasteiger partial charge < -0.3 is 10.1 Å². The van der Waals surface area contributed by atoms with Gasteiger partial charge in [0.25, 0.3) is 0 Å². The van der Waals surface area contributed by atoms with Gasteiger partial charge in [-0.15, -0.1) is 0 Å². The Balaban J connectivity index is 1.52. The van der Waals surface area contributed by atoms with Crippen LogP contribution in [0, 0.1) is 6.92 Å². The molecule has 2 aromatic rings. The Morgan fingerprint density at radius 3 is 2.52 bits per heavy atom. The molecule has 2 aliphatic rings. The maximum Gasteiger partial charge on any atom is 0.433 e. The smallest absolute Gasteiger partial charge is 0.433 e. The van der Waals surface area contributed by atoms with E-state index in [0.717, 1.165) is 23.4 Å². The summed E-state index contributed by atoms with van der Waals surface area (Å²) in [6.07, 6.45) is -3.92. The summed E-state index contributed by atoms with van der Waals surface area (Å²) in [5.74, 6) is 0. The number of aryl methyl sites for hydroxylation is 1. The third kappa shape index (κ3) is 4.76. The number of carbonyl (C=O) groups is 2. The van der Waals surface area contributed by atoms with Crippen LogP contribution in [0.25, 0.3) is 0 Å². The maximum absolute atomic E-state index is 12.9. The van der Waals surface area contributed by atoms with Crippen molar-refractivity contribution in [3.05, 3.63) is 65.0 Å². The van der Waals surface area contributed by atoms with E-state index in [1.54, 1.807) is 6.92 Å². The van der Waals surface area contributed by atoms with Crippen LogP contribution < -0.4 is 5.32 Å². The first-order valence-corrected chi connectivity index (χ1v) is 10.3. The number of nitrogens with one attached hydrogen (secondary N) is 1. The van der Waals surface area contributed by atoms with Gasteiger partial charge >= 0.3 is 18.3 Å². The van der Waals surface area contributed by atoms with Gasteiger partial charge in [-0.2, -0.15) is 18.3 Å². The van der Waals surface area contributed by atoms with E-state index in [4.69, 9.17) is 4.74 Å². The number of hydrogen-bond donors (Lipinski definition) is 1. The van der Waals surface area contributed by atoms with Crippen molar-refractivity contribution in [2.75, 3.05) is 19.7 Å². The van der Waals surface area contributed by atoms with Crippen LogP contribution in [0.1, 0.15) is 35.3 Å². The second-order valence-corrected chi connectivity index (χ2v) is 7.90. The molecular formula is C22H22F3N5O3. The number of pyridine rings is 1. The van der Waals surface area contributed by atoms with E-state index < -0.39 is 36.1 Å². The number of urea groups is 1. The molecule has 0 unspecified atom stereocenters. The molecule has 0 bridgehead atoms. The SMILES string of the molecule is Cc1ccc(C2=NN(C(=O)N[C@H](C)c3ccc(C(F)(F)F)nc3)C[C@@H]2N2CCOC2=O)cc1. The molecule has 2 atom stereocenters. The standard InChI is InChI=1S/C22H22F3N5O3/c1-13-3-5-15(6-4-13)19-17(29-9-10-33-21(29)32)12-30(28-19)20(31)27-14(2)16-7-8-18(26-11-16)22(23,24)25/h3-8,11,14,17H,9-10,12H2,1-2H3,(H,27,31)/t14-,17+/m1/s1. The molecule has 33 heavy (non-hydrogen) atoms. The third-order valence-electron chi connectivity index (χ3n) is 5.56. The predicted molar refractivity (Wildman–Crippen MR) is 112 cm³/mol. The van der Waals surface area contributed by atoms with Gasteiger partial charge in [0.15, 0.2) is 0 Å². The van der Waals surface area contributed by atoms with Gasteiger partial charge in [-0.1, -0.05) is 35.9 Å². The number of alkyl halides is 3. The molecule has 174 valence electrons. The number of amides is 3. The van der Waals surface area contributed by atoms with Crippen LogP contribution in [0.3, 0.4) is 0 Å². The molecule has 8 nitrogen and oxygen atoms in total. The summed E-state index contributed by atoms with van der Waals surface area (Å²) in [7, 11) is 0. The number of rotatable bonds is 4. The fraction of sp³-hybridized carbons (Fsp3) is 0.364. The van der Waals surface area contributed by atoms with Crippen molar-refractivity contribution < 1.29 is 27.5 Å². The van der Waals surface area contributed by atoms with Gasteiger partial charge in [0.05, 0.1) is 30.9 Å². The fourth-order valence-corrected chi connectivity index (χ4v) is 3.70. The van der Waals surface area contributed by atoms with Gasteiger partial charge in [0, 0.05) is 6.20 Å². The topological polar surface area (TPSA) is 87.1 Å². The number of ether oxygens (including phenoxy) is 1. The Bertz CT molecular complexity index is 1070. The van der Waals surface area contributed by atoms with Gasteiger partial charge in [0.2, 0.25) is 0 Å². The Morgan fingerprint density at radius 2 is 1.94 bits per heavy atom. The highest BCUT2D eigenvalue weighted by Crippen LogP contribution is 2.28. The predicted octanol–water partition coefficient (Wildman–Crippen LogP) is 3.72. The van der Waals surface area contributed by atoms with Crippen LogP contribution in [-0.4, -0.2) is 58.5 Å². The van der Waals surface area contributed by atoms with Crippen molar-refractivity contribution in [2.24, 2.45) is 5.10 Å². The van der Waals surface area contributed by atoms with E-state index in [2.05, 4.69) is 15.4 Å². The number of hydrazone groups is 1. The van der Waals surface area contributed by atoms with E-state index in [0.29, 0.717) is 17.8 Å². The lowest BCUT2D eigenvalue weighted by molar-refractivity contribution is -0.141. The summed E-state index contributed by atoms with van der Waals surface area (Å²) in [5, 5.41) is 8.41. The largest absolute Gasteiger partial charge is 0.448 e. The van der Waals surface area contributed by atoms with Crippen LogP contribution in [0.15, 0.2) is 47.7 Å². The molecule has 2 aliphatic heterocycles. The van der Waals surface area contributed by atoms with Crippen molar-refractivity contribution in [1.82, 2.24) is 20.2 Å². The fourth-order valence-electron chi connectivity index (χ4n) is 3.70. The third-order valence-corrected chi connectivity index (χ3v) is 5.56. The zero-order chi connectivity index (χ0) is 23.8. The van der Waals surface area contributed by atoms with Crippen LogP contribution >= 0.6 is 0 Å². The quantitative estimate of drug-likeness (QED) is 0.752. The molecule has 1 N–H and O–H groups in total. The molecule has 0 spiro atoms. The number of cyclic esters (lactones) is 1. The highest BCUT2D eigenvalue weighted by molar-refractivity contribution is 6.07. The summed E-state index contributed by atoms with van der Waals surface area (Å²) in [6.45, 7) is 4.37. The summed E-state index contributed by atoms with van der Waals surface area (Å²) >= 11 is 0. The van der Waals surface area contributed by atoms with Gasteiger partial charge in [-0.05, 0) is 31.0 Å². The first-order valence-electron chi connectivity index (χ1n) is 10.3. The number of halogens is 3. The average molecular weight is 461 g/mol. The summed E-state index contributed by atoms with van der Waals surface area (Å²) in [4.78, 5) is 30.0. The molecule has 0 aliphatic carbocycles. The molecular weight excluding hydrogens is 439 g/mol. The normalized spacial score (nSPS) is 19.4. The van der Waals surface area contributed by atoms with Crippen molar-refractivity contribution in [2.45, 2.75) is 32.1 Å². The van der Waals surface area contributed by atoms with Crippen LogP contribution in [0.2, 0.25) is 0 Å². The molecule has 1 fully saturated rings. The van der Waals surface area contributed by atoms with Crippen molar-refractivity contribution in [3.8, 4) is 0 Å².